The fourth-order valence-corrected chi connectivity index (χ4v) is 2.57. The highest BCUT2D eigenvalue weighted by Crippen LogP contribution is 2.35. The molecule has 23 heavy (non-hydrogen) atoms. The third kappa shape index (κ3) is 2.98. The number of hydrogen-bond donors (Lipinski definition) is 1. The predicted octanol–water partition coefficient (Wildman–Crippen LogP) is 0.885. The lowest BCUT2D eigenvalue weighted by molar-refractivity contribution is -0.136. The van der Waals surface area contributed by atoms with Crippen LogP contribution in [0.15, 0.2) is 42.6 Å². The molecule has 0 unspecified atom stereocenters. The van der Waals surface area contributed by atoms with Crippen LogP contribution in [0.25, 0.3) is 5.57 Å². The molecule has 1 aromatic carbocycles. The van der Waals surface area contributed by atoms with Gasteiger partial charge in [0.15, 0.2) is 0 Å². The van der Waals surface area contributed by atoms with Gasteiger partial charge >= 0.3 is 0 Å². The van der Waals surface area contributed by atoms with E-state index >= 15 is 0 Å². The molecule has 2 rings (SSSR count). The Hall–Kier alpha value is -2.60. The summed E-state index contributed by atoms with van der Waals surface area (Å²) in [5.41, 5.74) is 1.10. The highest BCUT2D eigenvalue weighted by molar-refractivity contribution is 6.36. The molecule has 1 aliphatic rings. The number of likely N-dealkylation sites (N-methyl/N-ethyl adjacent to an activating group) is 1. The Balaban J connectivity index is 2.62. The van der Waals surface area contributed by atoms with Gasteiger partial charge in [-0.05, 0) is 6.07 Å². The fraction of sp³-hybridized carbons (Fsp3) is 0.294. The molecule has 0 fully saturated rings. The van der Waals surface area contributed by atoms with Gasteiger partial charge in [-0.15, -0.1) is 6.58 Å². The largest absolute Gasteiger partial charge is 0.496 e. The van der Waals surface area contributed by atoms with E-state index in [9.17, 15) is 9.59 Å². The molecule has 0 atom stereocenters. The quantitative estimate of drug-likeness (QED) is 0.597. The second-order valence-electron chi connectivity index (χ2n) is 5.08. The second-order valence-corrected chi connectivity index (χ2v) is 5.08. The summed E-state index contributed by atoms with van der Waals surface area (Å²) in [6.45, 7) is 3.84. The minimum Gasteiger partial charge on any atom is -0.496 e. The zero-order valence-electron chi connectivity index (χ0n) is 13.3. The van der Waals surface area contributed by atoms with Gasteiger partial charge in [0.05, 0.1) is 19.3 Å². The van der Waals surface area contributed by atoms with Crippen molar-refractivity contribution in [2.45, 2.75) is 0 Å². The maximum absolute atomic E-state index is 12.7. The number of nitrogens with zero attached hydrogens (tertiary/aromatic N) is 2. The topological polar surface area (TPSA) is 70.1 Å². The van der Waals surface area contributed by atoms with E-state index in [1.54, 1.807) is 36.2 Å². The highest BCUT2D eigenvalue weighted by Gasteiger charge is 2.40. The second kappa shape index (κ2) is 7.11. The summed E-state index contributed by atoms with van der Waals surface area (Å²) in [6, 6.07) is 7.05. The number of hydrogen-bond acceptors (Lipinski definition) is 5. The molecule has 6 heteroatoms. The Morgan fingerprint density at radius 2 is 2.00 bits per heavy atom. The number of methoxy groups -OCH3 is 1. The van der Waals surface area contributed by atoms with E-state index in [4.69, 9.17) is 9.84 Å². The zero-order valence-corrected chi connectivity index (χ0v) is 13.3. The molecule has 6 nitrogen and oxygen atoms in total. The summed E-state index contributed by atoms with van der Waals surface area (Å²) in [5, 5.41) is 9.16. The van der Waals surface area contributed by atoms with Gasteiger partial charge in [-0.1, -0.05) is 24.3 Å². The van der Waals surface area contributed by atoms with Gasteiger partial charge in [0.2, 0.25) is 0 Å². The maximum atomic E-state index is 12.7. The van der Waals surface area contributed by atoms with E-state index in [0.717, 1.165) is 4.90 Å². The number of carbonyl (C=O) groups is 2. The van der Waals surface area contributed by atoms with Crippen LogP contribution >= 0.6 is 0 Å². The molecule has 0 bridgehead atoms. The van der Waals surface area contributed by atoms with Gasteiger partial charge in [0, 0.05) is 25.7 Å². The summed E-state index contributed by atoms with van der Waals surface area (Å²) in [4.78, 5) is 28.1. The van der Waals surface area contributed by atoms with E-state index in [1.165, 1.54) is 13.2 Å². The molecule has 1 aromatic rings. The first kappa shape index (κ1) is 16.8. The van der Waals surface area contributed by atoms with Crippen LogP contribution in [0.2, 0.25) is 0 Å². The van der Waals surface area contributed by atoms with E-state index in [-0.39, 0.29) is 36.9 Å². The molecule has 0 aliphatic carbocycles. The molecule has 1 heterocycles. The normalized spacial score (nSPS) is 14.5. The molecule has 0 spiro atoms. The van der Waals surface area contributed by atoms with Gasteiger partial charge in [-0.2, -0.15) is 0 Å². The van der Waals surface area contributed by atoms with Crippen molar-refractivity contribution in [3.05, 3.63) is 48.2 Å². The van der Waals surface area contributed by atoms with Crippen molar-refractivity contribution in [3.63, 3.8) is 0 Å². The number of carbonyl (C=O) groups excluding carboxylic acids is 2. The smallest absolute Gasteiger partial charge is 0.278 e. The lowest BCUT2D eigenvalue weighted by atomic mass is 10.0. The first-order valence-electron chi connectivity index (χ1n) is 7.23. The van der Waals surface area contributed by atoms with Crippen molar-refractivity contribution < 1.29 is 19.4 Å². The van der Waals surface area contributed by atoms with Gasteiger partial charge in [0.1, 0.15) is 11.4 Å². The minimum atomic E-state index is -0.397. The van der Waals surface area contributed by atoms with Crippen LogP contribution in [-0.2, 0) is 9.59 Å². The number of aliphatic hydroxyl groups excluding tert-OH is 1. The van der Waals surface area contributed by atoms with Crippen molar-refractivity contribution in [1.82, 2.24) is 9.80 Å². The molecule has 1 aliphatic heterocycles. The molecule has 1 N–H and O–H groups in total. The third-order valence-electron chi connectivity index (χ3n) is 3.65. The number of rotatable bonds is 7. The molecule has 122 valence electrons. The SMILES string of the molecule is C=CCN1C(=O)C(c2ccccc2OC)=C(N(C)CCO)C1=O. The Morgan fingerprint density at radius 1 is 1.30 bits per heavy atom. The van der Waals surface area contributed by atoms with E-state index in [0.29, 0.717) is 11.3 Å². The number of benzene rings is 1. The van der Waals surface area contributed by atoms with Crippen LogP contribution < -0.4 is 4.74 Å². The number of imide groups is 1. The molecule has 2 amide bonds. The van der Waals surface area contributed by atoms with Crippen LogP contribution in [0, 0.1) is 0 Å². The number of amides is 2. The van der Waals surface area contributed by atoms with Crippen molar-refractivity contribution in [1.29, 1.82) is 0 Å². The predicted molar refractivity (Wildman–Crippen MR) is 86.5 cm³/mol. The number of aliphatic hydroxyl groups is 1. The van der Waals surface area contributed by atoms with Gasteiger partial charge in [0.25, 0.3) is 11.8 Å². The summed E-state index contributed by atoms with van der Waals surface area (Å²) in [6.07, 6.45) is 1.50. The van der Waals surface area contributed by atoms with E-state index < -0.39 is 5.91 Å². The van der Waals surface area contributed by atoms with E-state index in [2.05, 4.69) is 6.58 Å². The maximum Gasteiger partial charge on any atom is 0.278 e. The van der Waals surface area contributed by atoms with Gasteiger partial charge in [-0.3, -0.25) is 14.5 Å². The van der Waals surface area contributed by atoms with E-state index in [1.807, 2.05) is 0 Å². The first-order valence-corrected chi connectivity index (χ1v) is 7.23. The summed E-state index contributed by atoms with van der Waals surface area (Å²) < 4.78 is 5.32. The van der Waals surface area contributed by atoms with Crippen LogP contribution in [0.3, 0.4) is 0 Å². The van der Waals surface area contributed by atoms with Gasteiger partial charge in [-0.25, -0.2) is 0 Å². The average Bonchev–Trinajstić information content (AvgIpc) is 2.80. The standard InChI is InChI=1S/C17H20N2O4/c1-4-9-19-16(21)14(12-7-5-6-8-13(12)23-3)15(17(19)22)18(2)10-11-20/h4-8,20H,1,9-11H2,2-3H3. The zero-order chi connectivity index (χ0) is 17.0. The lowest BCUT2D eigenvalue weighted by Gasteiger charge is -2.20. The Kier molecular flexibility index (Phi) is 5.18. The molecule has 0 saturated heterocycles. The summed E-state index contributed by atoms with van der Waals surface area (Å²) >= 11 is 0. The Bertz CT molecular complexity index is 666. The van der Waals surface area contributed by atoms with Crippen LogP contribution in [0.4, 0.5) is 0 Å². The first-order chi connectivity index (χ1) is 11.1. The Morgan fingerprint density at radius 3 is 2.61 bits per heavy atom. The molecule has 0 radical (unpaired) electrons. The van der Waals surface area contributed by atoms with Crippen molar-refractivity contribution in [2.24, 2.45) is 0 Å². The number of para-hydroxylation sites is 1. The average molecular weight is 316 g/mol. The van der Waals surface area contributed by atoms with Crippen LogP contribution in [0.1, 0.15) is 5.56 Å². The fourth-order valence-electron chi connectivity index (χ4n) is 2.57. The van der Waals surface area contributed by atoms with Crippen LogP contribution in [0.5, 0.6) is 5.75 Å². The highest BCUT2D eigenvalue weighted by atomic mass is 16.5. The van der Waals surface area contributed by atoms with Crippen molar-refractivity contribution in [2.75, 3.05) is 33.9 Å². The lowest BCUT2D eigenvalue weighted by Crippen LogP contribution is -2.34. The minimum absolute atomic E-state index is 0.123. The van der Waals surface area contributed by atoms with Crippen molar-refractivity contribution in [3.8, 4) is 5.75 Å². The number of ether oxygens (including phenoxy) is 1. The third-order valence-corrected chi connectivity index (χ3v) is 3.65. The van der Waals surface area contributed by atoms with Crippen molar-refractivity contribution >= 4 is 17.4 Å². The summed E-state index contributed by atoms with van der Waals surface area (Å²) in [7, 11) is 3.18. The monoisotopic (exact) mass is 316 g/mol. The molecule has 0 aromatic heterocycles. The van der Waals surface area contributed by atoms with Gasteiger partial charge < -0.3 is 14.7 Å². The molecular formula is C17H20N2O4. The van der Waals surface area contributed by atoms with Crippen LogP contribution in [-0.4, -0.2) is 60.6 Å². The molecular weight excluding hydrogens is 296 g/mol. The summed E-state index contributed by atoms with van der Waals surface area (Å²) in [5.74, 6) is -0.273. The molecule has 0 saturated carbocycles. The Labute approximate surface area is 135 Å².